The molecule has 0 aromatic heterocycles. The van der Waals surface area contributed by atoms with E-state index in [1.165, 1.54) is 18.5 Å². The Bertz CT molecular complexity index is 440. The van der Waals surface area contributed by atoms with Gasteiger partial charge in [-0.2, -0.15) is 5.26 Å². The minimum Gasteiger partial charge on any atom is -0.372 e. The zero-order chi connectivity index (χ0) is 13.0. The number of benzene rings is 1. The standard InChI is InChI=1S/C15H21N3/c1-12-10-15(3-2-14(12)11-17)18-8-5-13(4-7-16)6-9-18/h2-3,10,13H,4-9,16H2,1H3. The van der Waals surface area contributed by atoms with E-state index in [9.17, 15) is 0 Å². The van der Waals surface area contributed by atoms with E-state index in [2.05, 4.69) is 23.1 Å². The van der Waals surface area contributed by atoms with Crippen LogP contribution in [0.2, 0.25) is 0 Å². The fourth-order valence-corrected chi connectivity index (χ4v) is 2.69. The maximum atomic E-state index is 8.94. The molecule has 96 valence electrons. The predicted molar refractivity (Wildman–Crippen MR) is 74.5 cm³/mol. The van der Waals surface area contributed by atoms with E-state index < -0.39 is 0 Å². The summed E-state index contributed by atoms with van der Waals surface area (Å²) in [5, 5.41) is 8.94. The van der Waals surface area contributed by atoms with Gasteiger partial charge in [0.2, 0.25) is 0 Å². The smallest absolute Gasteiger partial charge is 0.0994 e. The van der Waals surface area contributed by atoms with Crippen LogP contribution in [0.15, 0.2) is 18.2 Å². The lowest BCUT2D eigenvalue weighted by molar-refractivity contribution is 0.386. The molecule has 2 rings (SSSR count). The summed E-state index contributed by atoms with van der Waals surface area (Å²) in [4.78, 5) is 2.42. The third-order valence-electron chi connectivity index (χ3n) is 3.89. The van der Waals surface area contributed by atoms with Crippen molar-refractivity contribution in [3.8, 4) is 6.07 Å². The molecule has 1 aliphatic rings. The van der Waals surface area contributed by atoms with E-state index in [4.69, 9.17) is 11.0 Å². The summed E-state index contributed by atoms with van der Waals surface area (Å²) in [7, 11) is 0. The molecule has 0 spiro atoms. The summed E-state index contributed by atoms with van der Waals surface area (Å²) in [5.41, 5.74) is 8.70. The number of piperidine rings is 1. The monoisotopic (exact) mass is 243 g/mol. The average molecular weight is 243 g/mol. The third kappa shape index (κ3) is 2.83. The maximum Gasteiger partial charge on any atom is 0.0994 e. The summed E-state index contributed by atoms with van der Waals surface area (Å²) in [6.45, 7) is 5.02. The normalized spacial score (nSPS) is 16.6. The van der Waals surface area contributed by atoms with Crippen molar-refractivity contribution in [2.45, 2.75) is 26.2 Å². The fraction of sp³-hybridized carbons (Fsp3) is 0.533. The van der Waals surface area contributed by atoms with Gasteiger partial charge in [-0.15, -0.1) is 0 Å². The van der Waals surface area contributed by atoms with E-state index in [-0.39, 0.29) is 0 Å². The highest BCUT2D eigenvalue weighted by atomic mass is 15.1. The minimum atomic E-state index is 0.775. The van der Waals surface area contributed by atoms with Crippen LogP contribution < -0.4 is 10.6 Å². The SMILES string of the molecule is Cc1cc(N2CCC(CCN)CC2)ccc1C#N. The molecule has 0 atom stereocenters. The number of rotatable bonds is 3. The lowest BCUT2D eigenvalue weighted by Gasteiger charge is -2.33. The molecule has 0 aliphatic carbocycles. The minimum absolute atomic E-state index is 0.775. The zero-order valence-electron chi connectivity index (χ0n) is 11.0. The van der Waals surface area contributed by atoms with Gasteiger partial charge in [-0.25, -0.2) is 0 Å². The number of nitrogens with zero attached hydrogens (tertiary/aromatic N) is 2. The van der Waals surface area contributed by atoms with Gasteiger partial charge < -0.3 is 10.6 Å². The molecule has 0 amide bonds. The summed E-state index contributed by atoms with van der Waals surface area (Å²) < 4.78 is 0. The van der Waals surface area contributed by atoms with Gasteiger partial charge in [0.25, 0.3) is 0 Å². The molecule has 0 radical (unpaired) electrons. The molecule has 1 aromatic carbocycles. The highest BCUT2D eigenvalue weighted by molar-refractivity contribution is 5.53. The maximum absolute atomic E-state index is 8.94. The molecular weight excluding hydrogens is 222 g/mol. The fourth-order valence-electron chi connectivity index (χ4n) is 2.69. The molecule has 1 fully saturated rings. The number of anilines is 1. The molecular formula is C15H21N3. The van der Waals surface area contributed by atoms with Gasteiger partial charge in [0.15, 0.2) is 0 Å². The highest BCUT2D eigenvalue weighted by Gasteiger charge is 2.19. The zero-order valence-corrected chi connectivity index (χ0v) is 11.0. The first-order chi connectivity index (χ1) is 8.74. The van der Waals surface area contributed by atoms with Gasteiger partial charge in [-0.1, -0.05) is 0 Å². The van der Waals surface area contributed by atoms with Crippen molar-refractivity contribution in [1.29, 1.82) is 5.26 Å². The van der Waals surface area contributed by atoms with E-state index in [1.54, 1.807) is 0 Å². The lowest BCUT2D eigenvalue weighted by atomic mass is 9.93. The van der Waals surface area contributed by atoms with Crippen LogP contribution in [0.25, 0.3) is 0 Å². The Morgan fingerprint density at radius 1 is 1.39 bits per heavy atom. The Morgan fingerprint density at radius 2 is 2.11 bits per heavy atom. The van der Waals surface area contributed by atoms with Crippen molar-refractivity contribution in [1.82, 2.24) is 0 Å². The molecule has 0 bridgehead atoms. The number of nitriles is 1. The van der Waals surface area contributed by atoms with Crippen LogP contribution in [0.1, 0.15) is 30.4 Å². The van der Waals surface area contributed by atoms with Crippen molar-refractivity contribution in [2.75, 3.05) is 24.5 Å². The van der Waals surface area contributed by atoms with Crippen LogP contribution in [0, 0.1) is 24.2 Å². The second kappa shape index (κ2) is 5.88. The van der Waals surface area contributed by atoms with Crippen LogP contribution in [-0.2, 0) is 0 Å². The topological polar surface area (TPSA) is 53.0 Å². The van der Waals surface area contributed by atoms with Crippen molar-refractivity contribution >= 4 is 5.69 Å². The Balaban J connectivity index is 2.02. The first-order valence-corrected chi connectivity index (χ1v) is 6.70. The van der Waals surface area contributed by atoms with Gasteiger partial charge >= 0.3 is 0 Å². The molecule has 0 saturated carbocycles. The second-order valence-electron chi connectivity index (χ2n) is 5.12. The Morgan fingerprint density at radius 3 is 2.67 bits per heavy atom. The summed E-state index contributed by atoms with van der Waals surface area (Å²) in [6, 6.07) is 8.34. The van der Waals surface area contributed by atoms with Crippen LogP contribution in [0.3, 0.4) is 0 Å². The van der Waals surface area contributed by atoms with Gasteiger partial charge in [-0.05, 0) is 62.4 Å². The molecule has 1 aliphatic heterocycles. The Labute approximate surface area is 109 Å². The predicted octanol–water partition coefficient (Wildman–Crippen LogP) is 2.43. The lowest BCUT2D eigenvalue weighted by Crippen LogP contribution is -2.34. The van der Waals surface area contributed by atoms with Crippen LogP contribution in [0.4, 0.5) is 5.69 Å². The van der Waals surface area contributed by atoms with Gasteiger partial charge in [0.1, 0.15) is 0 Å². The number of hydrogen-bond acceptors (Lipinski definition) is 3. The molecule has 3 nitrogen and oxygen atoms in total. The van der Waals surface area contributed by atoms with Crippen molar-refractivity contribution in [3.05, 3.63) is 29.3 Å². The first kappa shape index (κ1) is 12.9. The molecule has 0 unspecified atom stereocenters. The van der Waals surface area contributed by atoms with Crippen LogP contribution >= 0.6 is 0 Å². The summed E-state index contributed by atoms with van der Waals surface area (Å²) in [5.74, 6) is 0.797. The molecule has 1 saturated heterocycles. The van der Waals surface area contributed by atoms with Crippen molar-refractivity contribution in [2.24, 2.45) is 11.7 Å². The van der Waals surface area contributed by atoms with E-state index in [1.807, 2.05) is 13.0 Å². The van der Waals surface area contributed by atoms with Crippen LogP contribution in [0.5, 0.6) is 0 Å². The molecule has 1 aromatic rings. The van der Waals surface area contributed by atoms with Crippen LogP contribution in [-0.4, -0.2) is 19.6 Å². The Hall–Kier alpha value is -1.53. The summed E-state index contributed by atoms with van der Waals surface area (Å²) in [6.07, 6.45) is 3.62. The van der Waals surface area contributed by atoms with Gasteiger partial charge in [0.05, 0.1) is 11.6 Å². The molecule has 1 heterocycles. The second-order valence-corrected chi connectivity index (χ2v) is 5.12. The van der Waals surface area contributed by atoms with Crippen molar-refractivity contribution in [3.63, 3.8) is 0 Å². The van der Waals surface area contributed by atoms with E-state index in [0.717, 1.165) is 43.1 Å². The first-order valence-electron chi connectivity index (χ1n) is 6.70. The number of nitrogens with two attached hydrogens (primary N) is 1. The Kier molecular flexibility index (Phi) is 4.22. The largest absolute Gasteiger partial charge is 0.372 e. The molecule has 3 heteroatoms. The van der Waals surface area contributed by atoms with Gasteiger partial charge in [-0.3, -0.25) is 0 Å². The van der Waals surface area contributed by atoms with E-state index >= 15 is 0 Å². The quantitative estimate of drug-likeness (QED) is 0.887. The molecule has 18 heavy (non-hydrogen) atoms. The summed E-state index contributed by atoms with van der Waals surface area (Å²) >= 11 is 0. The third-order valence-corrected chi connectivity index (χ3v) is 3.89. The number of hydrogen-bond donors (Lipinski definition) is 1. The van der Waals surface area contributed by atoms with Crippen molar-refractivity contribution < 1.29 is 0 Å². The molecule has 2 N–H and O–H groups in total. The highest BCUT2D eigenvalue weighted by Crippen LogP contribution is 2.26. The number of aryl methyl sites for hydroxylation is 1. The average Bonchev–Trinajstić information content (AvgIpc) is 2.40. The van der Waals surface area contributed by atoms with Gasteiger partial charge in [0, 0.05) is 18.8 Å². The van der Waals surface area contributed by atoms with E-state index in [0.29, 0.717) is 0 Å².